The summed E-state index contributed by atoms with van der Waals surface area (Å²) in [5, 5.41) is 11.4. The summed E-state index contributed by atoms with van der Waals surface area (Å²) >= 11 is 6.13. The number of carbonyl (C=O) groups is 1. The highest BCUT2D eigenvalue weighted by Crippen LogP contribution is 2.19. The van der Waals surface area contributed by atoms with E-state index >= 15 is 0 Å². The molecule has 7 nitrogen and oxygen atoms in total. The summed E-state index contributed by atoms with van der Waals surface area (Å²) in [7, 11) is 0. The molecule has 8 heteroatoms. The van der Waals surface area contributed by atoms with Crippen LogP contribution in [0, 0.1) is 0 Å². The van der Waals surface area contributed by atoms with Crippen LogP contribution in [-0.2, 0) is 13.1 Å². The number of carbonyl (C=O) groups excluding carboxylic acids is 1. The first kappa shape index (κ1) is 13.6. The van der Waals surface area contributed by atoms with Gasteiger partial charge in [-0.15, -0.1) is 0 Å². The van der Waals surface area contributed by atoms with Crippen molar-refractivity contribution in [1.82, 2.24) is 29.7 Å². The predicted molar refractivity (Wildman–Crippen MR) is 77.1 cm³/mol. The summed E-state index contributed by atoms with van der Waals surface area (Å²) in [4.78, 5) is 16.2. The number of amides is 1. The van der Waals surface area contributed by atoms with Crippen molar-refractivity contribution in [2.75, 3.05) is 0 Å². The lowest BCUT2D eigenvalue weighted by atomic mass is 10.3. The summed E-state index contributed by atoms with van der Waals surface area (Å²) in [6.45, 7) is 3.11. The highest BCUT2D eigenvalue weighted by molar-refractivity contribution is 6.36. The molecule has 0 saturated carbocycles. The Bertz CT molecular complexity index is 793. The van der Waals surface area contributed by atoms with Crippen LogP contribution in [0.2, 0.25) is 5.02 Å². The van der Waals surface area contributed by atoms with Crippen molar-refractivity contribution in [2.45, 2.75) is 20.0 Å². The Morgan fingerprint density at radius 3 is 2.95 bits per heavy atom. The van der Waals surface area contributed by atoms with Gasteiger partial charge in [0.25, 0.3) is 5.91 Å². The predicted octanol–water partition coefficient (Wildman–Crippen LogP) is 1.53. The monoisotopic (exact) mass is 304 g/mol. The van der Waals surface area contributed by atoms with Crippen LogP contribution < -0.4 is 5.32 Å². The number of hydrogen-bond acceptors (Lipinski definition) is 4. The normalized spacial score (nSPS) is 11.0. The summed E-state index contributed by atoms with van der Waals surface area (Å²) in [6, 6.07) is 3.58. The van der Waals surface area contributed by atoms with E-state index in [0.29, 0.717) is 12.2 Å². The molecule has 0 radical (unpaired) electrons. The molecule has 1 N–H and O–H groups in total. The van der Waals surface area contributed by atoms with Crippen LogP contribution in [0.3, 0.4) is 0 Å². The molecule has 0 atom stereocenters. The first-order valence-corrected chi connectivity index (χ1v) is 6.86. The quantitative estimate of drug-likeness (QED) is 0.793. The fourth-order valence-corrected chi connectivity index (χ4v) is 2.19. The standard InChI is InChI=1S/C13H13ClN6O/c1-2-19-7-4-9(17-19)8-16-13(21)11-10(14)12-15-5-3-6-20(12)18-11/h3-7H,2,8H2,1H3,(H,16,21). The molecule has 0 fully saturated rings. The Balaban J connectivity index is 1.76. The molecule has 3 aromatic rings. The molecule has 3 rings (SSSR count). The zero-order chi connectivity index (χ0) is 14.8. The van der Waals surface area contributed by atoms with Crippen LogP contribution in [0.4, 0.5) is 0 Å². The molecule has 21 heavy (non-hydrogen) atoms. The molecule has 3 heterocycles. The third kappa shape index (κ3) is 2.59. The lowest BCUT2D eigenvalue weighted by Crippen LogP contribution is -2.24. The van der Waals surface area contributed by atoms with E-state index < -0.39 is 0 Å². The maximum absolute atomic E-state index is 12.2. The van der Waals surface area contributed by atoms with E-state index in [1.54, 1.807) is 23.1 Å². The molecule has 0 unspecified atom stereocenters. The summed E-state index contributed by atoms with van der Waals surface area (Å²) in [5.41, 5.74) is 1.40. The zero-order valence-electron chi connectivity index (χ0n) is 11.3. The van der Waals surface area contributed by atoms with Crippen LogP contribution in [-0.4, -0.2) is 30.3 Å². The first-order chi connectivity index (χ1) is 10.2. The van der Waals surface area contributed by atoms with E-state index in [-0.39, 0.29) is 16.6 Å². The van der Waals surface area contributed by atoms with Crippen molar-refractivity contribution in [3.8, 4) is 0 Å². The highest BCUT2D eigenvalue weighted by Gasteiger charge is 2.18. The molecule has 108 valence electrons. The molecule has 0 aliphatic rings. The minimum Gasteiger partial charge on any atom is -0.345 e. The minimum absolute atomic E-state index is 0.158. The third-order valence-corrected chi connectivity index (χ3v) is 3.35. The zero-order valence-corrected chi connectivity index (χ0v) is 12.1. The van der Waals surface area contributed by atoms with Crippen molar-refractivity contribution < 1.29 is 4.79 Å². The molecule has 3 aromatic heterocycles. The molecular weight excluding hydrogens is 292 g/mol. The maximum atomic E-state index is 12.2. The molecule has 0 saturated heterocycles. The van der Waals surface area contributed by atoms with Gasteiger partial charge >= 0.3 is 0 Å². The number of aryl methyl sites for hydroxylation is 1. The average molecular weight is 305 g/mol. The molecule has 0 spiro atoms. The number of hydrogen-bond donors (Lipinski definition) is 1. The largest absolute Gasteiger partial charge is 0.345 e. The maximum Gasteiger partial charge on any atom is 0.273 e. The van der Waals surface area contributed by atoms with Gasteiger partial charge in [0.2, 0.25) is 0 Å². The summed E-state index contributed by atoms with van der Waals surface area (Å²) < 4.78 is 3.27. The van der Waals surface area contributed by atoms with Gasteiger partial charge in [-0.3, -0.25) is 9.48 Å². The Morgan fingerprint density at radius 2 is 2.24 bits per heavy atom. The third-order valence-electron chi connectivity index (χ3n) is 3.00. The van der Waals surface area contributed by atoms with Gasteiger partial charge in [-0.25, -0.2) is 9.50 Å². The minimum atomic E-state index is -0.350. The fourth-order valence-electron chi connectivity index (χ4n) is 1.93. The van der Waals surface area contributed by atoms with Gasteiger partial charge in [-0.1, -0.05) is 11.6 Å². The molecule has 1 amide bonds. The smallest absolute Gasteiger partial charge is 0.273 e. The van der Waals surface area contributed by atoms with Crippen LogP contribution in [0.15, 0.2) is 30.7 Å². The molecular formula is C13H13ClN6O. The molecule has 0 aliphatic carbocycles. The van der Waals surface area contributed by atoms with E-state index in [2.05, 4.69) is 20.5 Å². The van der Waals surface area contributed by atoms with Crippen LogP contribution in [0.1, 0.15) is 23.1 Å². The Kier molecular flexibility index (Phi) is 3.57. The number of fused-ring (bicyclic) bond motifs is 1. The molecule has 0 aromatic carbocycles. The van der Waals surface area contributed by atoms with E-state index in [0.717, 1.165) is 12.2 Å². The van der Waals surface area contributed by atoms with Crippen LogP contribution in [0.5, 0.6) is 0 Å². The van der Waals surface area contributed by atoms with Gasteiger partial charge < -0.3 is 5.32 Å². The van der Waals surface area contributed by atoms with Crippen molar-refractivity contribution in [3.05, 3.63) is 47.1 Å². The van der Waals surface area contributed by atoms with Crippen molar-refractivity contribution in [3.63, 3.8) is 0 Å². The van der Waals surface area contributed by atoms with Crippen LogP contribution in [0.25, 0.3) is 5.65 Å². The van der Waals surface area contributed by atoms with E-state index in [9.17, 15) is 4.79 Å². The SMILES string of the molecule is CCn1ccc(CNC(=O)c2nn3cccnc3c2Cl)n1. The second kappa shape index (κ2) is 5.53. The number of halogens is 1. The number of rotatable bonds is 4. The average Bonchev–Trinajstić information content (AvgIpc) is 3.10. The summed E-state index contributed by atoms with van der Waals surface area (Å²) in [5.74, 6) is -0.350. The Labute approximate surface area is 125 Å². The van der Waals surface area contributed by atoms with Gasteiger partial charge in [0.15, 0.2) is 11.3 Å². The van der Waals surface area contributed by atoms with Crippen LogP contribution >= 0.6 is 11.6 Å². The second-order valence-corrected chi connectivity index (χ2v) is 4.77. The van der Waals surface area contributed by atoms with Crippen molar-refractivity contribution in [2.24, 2.45) is 0 Å². The first-order valence-electron chi connectivity index (χ1n) is 6.48. The highest BCUT2D eigenvalue weighted by atomic mass is 35.5. The van der Waals surface area contributed by atoms with Gasteiger partial charge in [-0.05, 0) is 19.1 Å². The van der Waals surface area contributed by atoms with E-state index in [1.807, 2.05) is 19.2 Å². The molecule has 0 bridgehead atoms. The lowest BCUT2D eigenvalue weighted by molar-refractivity contribution is 0.0945. The van der Waals surface area contributed by atoms with Gasteiger partial charge in [0.1, 0.15) is 5.02 Å². The summed E-state index contributed by atoms with van der Waals surface area (Å²) in [6.07, 6.45) is 5.15. The van der Waals surface area contributed by atoms with Gasteiger partial charge in [0.05, 0.1) is 12.2 Å². The number of nitrogens with one attached hydrogen (secondary N) is 1. The van der Waals surface area contributed by atoms with E-state index in [1.165, 1.54) is 4.52 Å². The Morgan fingerprint density at radius 1 is 1.38 bits per heavy atom. The van der Waals surface area contributed by atoms with Crippen molar-refractivity contribution >= 4 is 23.2 Å². The fraction of sp³-hybridized carbons (Fsp3) is 0.231. The molecule has 0 aliphatic heterocycles. The number of nitrogens with zero attached hydrogens (tertiary/aromatic N) is 5. The van der Waals surface area contributed by atoms with E-state index in [4.69, 9.17) is 11.6 Å². The van der Waals surface area contributed by atoms with Gasteiger partial charge in [0, 0.05) is 25.1 Å². The second-order valence-electron chi connectivity index (χ2n) is 4.40. The lowest BCUT2D eigenvalue weighted by Gasteiger charge is -2.00. The Hall–Kier alpha value is -2.41. The topological polar surface area (TPSA) is 77.1 Å². The van der Waals surface area contributed by atoms with Gasteiger partial charge in [-0.2, -0.15) is 10.2 Å². The van der Waals surface area contributed by atoms with Crippen molar-refractivity contribution in [1.29, 1.82) is 0 Å². The number of aromatic nitrogens is 5.